The van der Waals surface area contributed by atoms with E-state index in [1.165, 1.54) is 24.4 Å². The van der Waals surface area contributed by atoms with Gasteiger partial charge in [-0.15, -0.1) is 11.3 Å². The Kier molecular flexibility index (Phi) is 5.58. The molecule has 1 amide bonds. The minimum Gasteiger partial charge on any atom is -0.462 e. The molecule has 128 valence electrons. The van der Waals surface area contributed by atoms with Crippen LogP contribution < -0.4 is 9.46 Å². The van der Waals surface area contributed by atoms with Gasteiger partial charge < -0.3 is 9.47 Å². The van der Waals surface area contributed by atoms with Crippen LogP contribution in [-0.4, -0.2) is 27.1 Å². The number of nitrogens with one attached hydrogen (secondary N) is 1. The van der Waals surface area contributed by atoms with Gasteiger partial charge in [-0.05, 0) is 36.9 Å². The number of ether oxygens (including phenoxy) is 2. The number of carbonyl (C=O) groups is 2. The number of para-hydroxylation sites is 1. The number of hydrogen-bond donors (Lipinski definition) is 1. The molecule has 2 aromatic rings. The largest absolute Gasteiger partial charge is 0.462 e. The summed E-state index contributed by atoms with van der Waals surface area (Å²) in [5, 5.41) is 1.50. The van der Waals surface area contributed by atoms with Crippen LogP contribution in [0.25, 0.3) is 0 Å². The SMILES string of the molecule is CCOC(=O)c1scc(C)c1S(=O)(=O)NC(=O)Oc1ccccc1. The van der Waals surface area contributed by atoms with E-state index in [-0.39, 0.29) is 22.1 Å². The summed E-state index contributed by atoms with van der Waals surface area (Å²) in [4.78, 5) is 23.3. The summed E-state index contributed by atoms with van der Waals surface area (Å²) < 4.78 is 36.4. The molecule has 0 radical (unpaired) electrons. The van der Waals surface area contributed by atoms with E-state index in [0.717, 1.165) is 11.3 Å². The van der Waals surface area contributed by atoms with Crippen molar-refractivity contribution in [2.75, 3.05) is 6.61 Å². The monoisotopic (exact) mass is 369 g/mol. The van der Waals surface area contributed by atoms with Crippen molar-refractivity contribution in [2.45, 2.75) is 18.7 Å². The zero-order valence-electron chi connectivity index (χ0n) is 12.9. The lowest BCUT2D eigenvalue weighted by atomic mass is 10.3. The predicted molar refractivity (Wildman–Crippen MR) is 87.8 cm³/mol. The maximum absolute atomic E-state index is 12.4. The zero-order chi connectivity index (χ0) is 17.7. The first kappa shape index (κ1) is 18.0. The van der Waals surface area contributed by atoms with Crippen LogP contribution in [0.1, 0.15) is 22.2 Å². The lowest BCUT2D eigenvalue weighted by molar-refractivity contribution is 0.0527. The van der Waals surface area contributed by atoms with Crippen LogP contribution in [-0.2, 0) is 14.8 Å². The van der Waals surface area contributed by atoms with Crippen molar-refractivity contribution in [3.05, 3.63) is 46.2 Å². The van der Waals surface area contributed by atoms with Crippen molar-refractivity contribution in [2.24, 2.45) is 0 Å². The van der Waals surface area contributed by atoms with Gasteiger partial charge in [-0.2, -0.15) is 0 Å². The maximum atomic E-state index is 12.4. The molecule has 0 aliphatic rings. The predicted octanol–water partition coefficient (Wildman–Crippen LogP) is 2.71. The molecule has 0 fully saturated rings. The molecule has 1 aromatic carbocycles. The number of carbonyl (C=O) groups excluding carboxylic acids is 2. The molecule has 2 rings (SSSR count). The third-order valence-corrected chi connectivity index (χ3v) is 5.53. The molecule has 0 bridgehead atoms. The van der Waals surface area contributed by atoms with E-state index in [4.69, 9.17) is 9.47 Å². The van der Waals surface area contributed by atoms with Gasteiger partial charge in [-0.25, -0.2) is 22.7 Å². The van der Waals surface area contributed by atoms with Crippen LogP contribution in [0.4, 0.5) is 4.79 Å². The van der Waals surface area contributed by atoms with Gasteiger partial charge in [0.05, 0.1) is 6.61 Å². The number of thiophene rings is 1. The molecule has 1 aromatic heterocycles. The van der Waals surface area contributed by atoms with Crippen LogP contribution in [0.5, 0.6) is 5.75 Å². The molecule has 1 heterocycles. The highest BCUT2D eigenvalue weighted by atomic mass is 32.2. The first-order valence-electron chi connectivity index (χ1n) is 6.90. The van der Waals surface area contributed by atoms with Crippen LogP contribution in [0, 0.1) is 6.92 Å². The minimum atomic E-state index is -4.28. The van der Waals surface area contributed by atoms with Crippen molar-refractivity contribution >= 4 is 33.4 Å². The molecule has 0 aliphatic carbocycles. The molecule has 1 N–H and O–H groups in total. The highest BCUT2D eigenvalue weighted by Crippen LogP contribution is 2.27. The first-order valence-corrected chi connectivity index (χ1v) is 9.26. The Hall–Kier alpha value is -2.39. The van der Waals surface area contributed by atoms with Gasteiger partial charge in [0.1, 0.15) is 15.5 Å². The average Bonchev–Trinajstić information content (AvgIpc) is 2.90. The van der Waals surface area contributed by atoms with Gasteiger partial charge in [-0.3, -0.25) is 0 Å². The lowest BCUT2D eigenvalue weighted by Crippen LogP contribution is -2.34. The van der Waals surface area contributed by atoms with Gasteiger partial charge in [0.2, 0.25) is 0 Å². The quantitative estimate of drug-likeness (QED) is 0.814. The third-order valence-electron chi connectivity index (χ3n) is 2.82. The number of amides is 1. The van der Waals surface area contributed by atoms with E-state index >= 15 is 0 Å². The summed E-state index contributed by atoms with van der Waals surface area (Å²) in [6, 6.07) is 8.01. The fraction of sp³-hybridized carbons (Fsp3) is 0.200. The summed E-state index contributed by atoms with van der Waals surface area (Å²) in [5.74, 6) is -0.565. The number of benzene rings is 1. The second kappa shape index (κ2) is 7.45. The summed E-state index contributed by atoms with van der Waals surface area (Å²) in [5.41, 5.74) is 0.336. The van der Waals surface area contributed by atoms with E-state index in [2.05, 4.69) is 0 Å². The van der Waals surface area contributed by atoms with E-state index in [0.29, 0.717) is 5.56 Å². The molecule has 0 unspecified atom stereocenters. The van der Waals surface area contributed by atoms with Crippen molar-refractivity contribution in [3.8, 4) is 5.75 Å². The van der Waals surface area contributed by atoms with Gasteiger partial charge in [0.15, 0.2) is 0 Å². The van der Waals surface area contributed by atoms with Gasteiger partial charge in [0, 0.05) is 0 Å². The second-order valence-electron chi connectivity index (χ2n) is 4.61. The highest BCUT2D eigenvalue weighted by molar-refractivity contribution is 7.90. The molecule has 0 saturated carbocycles. The first-order chi connectivity index (χ1) is 11.3. The van der Waals surface area contributed by atoms with Gasteiger partial charge >= 0.3 is 12.1 Å². The van der Waals surface area contributed by atoms with Crippen molar-refractivity contribution in [1.82, 2.24) is 4.72 Å². The summed E-state index contributed by atoms with van der Waals surface area (Å²) in [6.45, 7) is 3.25. The molecule has 0 saturated heterocycles. The highest BCUT2D eigenvalue weighted by Gasteiger charge is 2.29. The summed E-state index contributed by atoms with van der Waals surface area (Å²) in [6.07, 6.45) is -1.17. The molecule has 7 nitrogen and oxygen atoms in total. The molecular formula is C15H15NO6S2. The summed E-state index contributed by atoms with van der Waals surface area (Å²) >= 11 is 0.936. The van der Waals surface area contributed by atoms with E-state index in [9.17, 15) is 18.0 Å². The average molecular weight is 369 g/mol. The third kappa shape index (κ3) is 4.12. The van der Waals surface area contributed by atoms with Crippen molar-refractivity contribution in [3.63, 3.8) is 0 Å². The standard InChI is InChI=1S/C15H15NO6S2/c1-3-21-14(17)12-13(10(2)9-23-12)24(19,20)16-15(18)22-11-7-5-4-6-8-11/h4-9H,3H2,1-2H3,(H,16,18). The van der Waals surface area contributed by atoms with Gasteiger partial charge in [-0.1, -0.05) is 18.2 Å². The summed E-state index contributed by atoms with van der Waals surface area (Å²) in [7, 11) is -4.28. The Bertz CT molecular complexity index is 842. The number of esters is 1. The Morgan fingerprint density at radius 2 is 1.88 bits per heavy atom. The molecule has 0 spiro atoms. The van der Waals surface area contributed by atoms with Crippen LogP contribution in [0.15, 0.2) is 40.6 Å². The Balaban J connectivity index is 2.23. The van der Waals surface area contributed by atoms with E-state index in [1.807, 2.05) is 0 Å². The molecule has 0 atom stereocenters. The van der Waals surface area contributed by atoms with E-state index < -0.39 is 22.1 Å². The topological polar surface area (TPSA) is 98.8 Å². The molecule has 0 aliphatic heterocycles. The number of hydrogen-bond acceptors (Lipinski definition) is 7. The number of rotatable bonds is 5. The Labute approximate surface area is 143 Å². The Morgan fingerprint density at radius 1 is 1.21 bits per heavy atom. The molecule has 24 heavy (non-hydrogen) atoms. The number of sulfonamides is 1. The fourth-order valence-electron chi connectivity index (χ4n) is 1.88. The fourth-order valence-corrected chi connectivity index (χ4v) is 4.44. The Morgan fingerprint density at radius 3 is 2.50 bits per heavy atom. The minimum absolute atomic E-state index is 0.0886. The smallest absolute Gasteiger partial charge is 0.426 e. The molecular weight excluding hydrogens is 354 g/mol. The normalized spacial score (nSPS) is 10.9. The van der Waals surface area contributed by atoms with Crippen molar-refractivity contribution < 1.29 is 27.5 Å². The second-order valence-corrected chi connectivity index (χ2v) is 7.10. The zero-order valence-corrected chi connectivity index (χ0v) is 14.6. The van der Waals surface area contributed by atoms with Crippen LogP contribution >= 0.6 is 11.3 Å². The number of aryl methyl sites for hydroxylation is 1. The van der Waals surface area contributed by atoms with Crippen molar-refractivity contribution in [1.29, 1.82) is 0 Å². The van der Waals surface area contributed by atoms with E-state index in [1.54, 1.807) is 29.8 Å². The van der Waals surface area contributed by atoms with Gasteiger partial charge in [0.25, 0.3) is 10.0 Å². The lowest BCUT2D eigenvalue weighted by Gasteiger charge is -2.09. The maximum Gasteiger partial charge on any atom is 0.426 e. The van der Waals surface area contributed by atoms with Crippen LogP contribution in [0.3, 0.4) is 0 Å². The molecule has 9 heteroatoms. The van der Waals surface area contributed by atoms with Crippen LogP contribution in [0.2, 0.25) is 0 Å².